The monoisotopic (exact) mass is 92.1 g/mol. The molecule has 7 heavy (non-hydrogen) atoms. The van der Waals surface area contributed by atoms with Gasteiger partial charge in [0.05, 0.1) is 0 Å². The minimum absolute atomic E-state index is 1.16. The highest BCUT2D eigenvalue weighted by molar-refractivity contribution is 5.03. The first kappa shape index (κ1) is 4.31. The van der Waals surface area contributed by atoms with E-state index >= 15 is 0 Å². The molecule has 0 bridgehead atoms. The minimum atomic E-state index is 1.16. The Morgan fingerprint density at radius 1 is 1.71 bits per heavy atom. The Labute approximate surface area is 43.0 Å². The van der Waals surface area contributed by atoms with Crippen LogP contribution in [0.1, 0.15) is 5.56 Å². The van der Waals surface area contributed by atoms with E-state index in [1.165, 1.54) is 0 Å². The molecule has 0 amide bonds. The van der Waals surface area contributed by atoms with Gasteiger partial charge in [-0.1, -0.05) is 0 Å². The van der Waals surface area contributed by atoms with E-state index in [-0.39, 0.29) is 0 Å². The van der Waals surface area contributed by atoms with Gasteiger partial charge in [-0.2, -0.15) is 0 Å². The fourth-order valence-corrected chi connectivity index (χ4v) is 0.404. The highest BCUT2D eigenvalue weighted by Crippen LogP contribution is 1.87. The lowest BCUT2D eigenvalue weighted by Crippen LogP contribution is -1.70. The van der Waals surface area contributed by atoms with Crippen LogP contribution in [0.25, 0.3) is 0 Å². The molecule has 1 radical (unpaired) electrons. The van der Waals surface area contributed by atoms with Crippen molar-refractivity contribution in [1.82, 2.24) is 4.98 Å². The fraction of sp³-hybridized carbons (Fsp3) is 0.167. The van der Waals surface area contributed by atoms with Gasteiger partial charge in [0.1, 0.15) is 0 Å². The summed E-state index contributed by atoms with van der Waals surface area (Å²) in [7, 11) is 0. The van der Waals surface area contributed by atoms with E-state index in [9.17, 15) is 0 Å². The van der Waals surface area contributed by atoms with Crippen molar-refractivity contribution in [2.75, 3.05) is 0 Å². The summed E-state index contributed by atoms with van der Waals surface area (Å²) in [6, 6.07) is 4.75. The van der Waals surface area contributed by atoms with Crippen molar-refractivity contribution in [2.45, 2.75) is 6.92 Å². The first-order valence-corrected chi connectivity index (χ1v) is 2.17. The Kier molecular flexibility index (Phi) is 1.07. The zero-order valence-electron chi connectivity index (χ0n) is 4.18. The molecule has 0 atom stereocenters. The number of aromatic nitrogens is 1. The van der Waals surface area contributed by atoms with E-state index in [1.54, 1.807) is 12.4 Å². The van der Waals surface area contributed by atoms with Gasteiger partial charge in [0, 0.05) is 18.5 Å². The lowest BCUT2D eigenvalue weighted by atomic mass is 10.3. The van der Waals surface area contributed by atoms with Crippen molar-refractivity contribution >= 4 is 0 Å². The van der Waals surface area contributed by atoms with E-state index in [0.29, 0.717) is 0 Å². The SMILES string of the molecule is Cc1c[c]cnc1. The Hall–Kier alpha value is -0.850. The molecule has 0 saturated carbocycles. The second-order valence-electron chi connectivity index (χ2n) is 1.46. The first-order chi connectivity index (χ1) is 3.39. The zero-order chi connectivity index (χ0) is 5.11. The molecule has 0 spiro atoms. The molecule has 0 saturated heterocycles. The van der Waals surface area contributed by atoms with Gasteiger partial charge in [0.25, 0.3) is 0 Å². The largest absolute Gasteiger partial charge is 0.264 e. The molecular weight excluding hydrogens is 86.1 g/mol. The van der Waals surface area contributed by atoms with Crippen molar-refractivity contribution in [3.8, 4) is 0 Å². The molecule has 0 aliphatic carbocycles. The Morgan fingerprint density at radius 2 is 2.57 bits per heavy atom. The van der Waals surface area contributed by atoms with Crippen LogP contribution in [0.4, 0.5) is 0 Å². The maximum absolute atomic E-state index is 3.83. The lowest BCUT2D eigenvalue weighted by Gasteiger charge is -1.81. The second-order valence-corrected chi connectivity index (χ2v) is 1.46. The van der Waals surface area contributed by atoms with E-state index in [2.05, 4.69) is 11.1 Å². The number of hydrogen-bond acceptors (Lipinski definition) is 1. The molecule has 1 heteroatoms. The van der Waals surface area contributed by atoms with Gasteiger partial charge in [-0.15, -0.1) is 0 Å². The molecular formula is C6H6N. The summed E-state index contributed by atoms with van der Waals surface area (Å²) in [5.74, 6) is 0. The van der Waals surface area contributed by atoms with E-state index in [4.69, 9.17) is 0 Å². The summed E-state index contributed by atoms with van der Waals surface area (Å²) in [5, 5.41) is 0. The second kappa shape index (κ2) is 1.73. The van der Waals surface area contributed by atoms with Gasteiger partial charge in [0.2, 0.25) is 0 Å². The van der Waals surface area contributed by atoms with Crippen LogP contribution in [0.3, 0.4) is 0 Å². The quantitative estimate of drug-likeness (QED) is 0.468. The topological polar surface area (TPSA) is 12.9 Å². The third-order valence-corrected chi connectivity index (χ3v) is 0.738. The van der Waals surface area contributed by atoms with Crippen LogP contribution in [0.15, 0.2) is 18.5 Å². The Balaban J connectivity index is 3.02. The Morgan fingerprint density at radius 3 is 2.86 bits per heavy atom. The summed E-state index contributed by atoms with van der Waals surface area (Å²) in [6.07, 6.45) is 3.45. The third-order valence-electron chi connectivity index (χ3n) is 0.738. The molecule has 1 rings (SSSR count). The number of nitrogens with zero attached hydrogens (tertiary/aromatic N) is 1. The van der Waals surface area contributed by atoms with Crippen molar-refractivity contribution in [3.05, 3.63) is 30.1 Å². The van der Waals surface area contributed by atoms with Crippen molar-refractivity contribution < 1.29 is 0 Å². The van der Waals surface area contributed by atoms with E-state index in [1.807, 2.05) is 13.0 Å². The number of pyridine rings is 1. The molecule has 1 aromatic rings. The normalized spacial score (nSPS) is 8.71. The summed E-state index contributed by atoms with van der Waals surface area (Å²) >= 11 is 0. The maximum atomic E-state index is 3.83. The molecule has 0 aliphatic heterocycles. The predicted molar refractivity (Wildman–Crippen MR) is 27.8 cm³/mol. The lowest BCUT2D eigenvalue weighted by molar-refractivity contribution is 1.26. The number of aryl methyl sites for hydroxylation is 1. The average Bonchev–Trinajstić information content (AvgIpc) is 1.69. The highest BCUT2D eigenvalue weighted by atomic mass is 14.6. The van der Waals surface area contributed by atoms with Crippen molar-refractivity contribution in [1.29, 1.82) is 0 Å². The van der Waals surface area contributed by atoms with Gasteiger partial charge in [0.15, 0.2) is 0 Å². The minimum Gasteiger partial charge on any atom is -0.264 e. The van der Waals surface area contributed by atoms with Crippen LogP contribution in [0.2, 0.25) is 0 Å². The third kappa shape index (κ3) is 1.000. The molecule has 1 aromatic heterocycles. The molecule has 0 fully saturated rings. The first-order valence-electron chi connectivity index (χ1n) is 2.17. The molecule has 0 unspecified atom stereocenters. The summed E-state index contributed by atoms with van der Waals surface area (Å²) in [4.78, 5) is 3.83. The molecule has 0 aliphatic rings. The van der Waals surface area contributed by atoms with E-state index < -0.39 is 0 Å². The molecule has 35 valence electrons. The van der Waals surface area contributed by atoms with Gasteiger partial charge in [-0.3, -0.25) is 4.98 Å². The van der Waals surface area contributed by atoms with Crippen LogP contribution < -0.4 is 0 Å². The number of hydrogen-bond donors (Lipinski definition) is 0. The molecule has 0 aromatic carbocycles. The summed E-state index contributed by atoms with van der Waals surface area (Å²) < 4.78 is 0. The van der Waals surface area contributed by atoms with Crippen LogP contribution in [0, 0.1) is 13.0 Å². The molecule has 1 nitrogen and oxygen atoms in total. The number of rotatable bonds is 0. The van der Waals surface area contributed by atoms with Crippen molar-refractivity contribution in [3.63, 3.8) is 0 Å². The highest BCUT2D eigenvalue weighted by Gasteiger charge is 1.73. The predicted octanol–water partition coefficient (Wildman–Crippen LogP) is 1.19. The van der Waals surface area contributed by atoms with Gasteiger partial charge < -0.3 is 0 Å². The van der Waals surface area contributed by atoms with Gasteiger partial charge in [-0.25, -0.2) is 0 Å². The summed E-state index contributed by atoms with van der Waals surface area (Å²) in [6.45, 7) is 1.99. The maximum Gasteiger partial charge on any atom is 0.0347 e. The Bertz CT molecular complexity index is 134. The molecule has 1 heterocycles. The van der Waals surface area contributed by atoms with Crippen LogP contribution in [-0.2, 0) is 0 Å². The van der Waals surface area contributed by atoms with Gasteiger partial charge >= 0.3 is 0 Å². The smallest absolute Gasteiger partial charge is 0.0347 e. The van der Waals surface area contributed by atoms with Crippen LogP contribution >= 0.6 is 0 Å². The molecule has 0 N–H and O–H groups in total. The summed E-state index contributed by atoms with van der Waals surface area (Å²) in [5.41, 5.74) is 1.16. The fourth-order valence-electron chi connectivity index (χ4n) is 0.404. The van der Waals surface area contributed by atoms with Gasteiger partial charge in [-0.05, 0) is 18.6 Å². The van der Waals surface area contributed by atoms with Crippen LogP contribution in [0.5, 0.6) is 0 Å². The van der Waals surface area contributed by atoms with Crippen LogP contribution in [-0.4, -0.2) is 4.98 Å². The standard InChI is InChI=1S/C6H6N/c1-6-3-2-4-7-5-6/h3-5H,1H3. The van der Waals surface area contributed by atoms with E-state index in [0.717, 1.165) is 5.56 Å². The van der Waals surface area contributed by atoms with Crippen molar-refractivity contribution in [2.24, 2.45) is 0 Å². The zero-order valence-corrected chi connectivity index (χ0v) is 4.18. The average molecular weight is 92.1 g/mol.